The molecule has 1 N–H and O–H groups in total. The Balaban J connectivity index is 2.05. The zero-order chi connectivity index (χ0) is 30.2. The van der Waals surface area contributed by atoms with Gasteiger partial charge >= 0.3 is 0 Å². The van der Waals surface area contributed by atoms with Gasteiger partial charge in [-0.05, 0) is 73.2 Å². The van der Waals surface area contributed by atoms with Crippen molar-refractivity contribution in [3.8, 4) is 0 Å². The number of amides is 2. The quantitative estimate of drug-likeness (QED) is 0.274. The maximum atomic E-state index is 14.1. The van der Waals surface area contributed by atoms with E-state index in [9.17, 15) is 22.4 Å². The largest absolute Gasteiger partial charge is 0.352 e. The smallest absolute Gasteiger partial charge is 0.264 e. The highest BCUT2D eigenvalue weighted by Crippen LogP contribution is 2.27. The molecule has 220 valence electrons. The summed E-state index contributed by atoms with van der Waals surface area (Å²) in [6.45, 7) is 9.20. The summed E-state index contributed by atoms with van der Waals surface area (Å²) in [5.41, 5.74) is 1.99. The molecular formula is C32H40FN3O4S. The summed E-state index contributed by atoms with van der Waals surface area (Å²) in [7, 11) is -4.13. The van der Waals surface area contributed by atoms with Crippen molar-refractivity contribution in [1.82, 2.24) is 10.2 Å². The van der Waals surface area contributed by atoms with E-state index in [4.69, 9.17) is 0 Å². The molecule has 0 unspecified atom stereocenters. The van der Waals surface area contributed by atoms with Crippen LogP contribution >= 0.6 is 0 Å². The first-order chi connectivity index (χ1) is 19.5. The van der Waals surface area contributed by atoms with Crippen LogP contribution in [-0.4, -0.2) is 43.8 Å². The minimum absolute atomic E-state index is 0.0110. The molecular weight excluding hydrogens is 541 g/mol. The third kappa shape index (κ3) is 8.16. The molecule has 0 aliphatic heterocycles. The number of rotatable bonds is 13. The lowest BCUT2D eigenvalue weighted by molar-refractivity contribution is -0.140. The standard InChI is InChI=1S/C32H40FN3O4S/c1-6-24(5)34-32(38)30(7-2)35(21-25-13-17-27(33)18-14-25)31(37)22-36(28-19-15-26(16-20-28)23(3)4)41(39,40)29-11-9-8-10-12-29/h8-20,23-24,30H,6-7,21-22H2,1-5H3,(H,34,38)/t24-,30+/m0/s1. The summed E-state index contributed by atoms with van der Waals surface area (Å²) in [4.78, 5) is 28.8. The average molecular weight is 582 g/mol. The van der Waals surface area contributed by atoms with Gasteiger partial charge in [0.1, 0.15) is 18.4 Å². The van der Waals surface area contributed by atoms with E-state index in [1.807, 2.05) is 39.8 Å². The molecule has 0 fully saturated rings. The number of nitrogens with zero attached hydrogens (tertiary/aromatic N) is 2. The van der Waals surface area contributed by atoms with Crippen LogP contribution < -0.4 is 9.62 Å². The Hall–Kier alpha value is -3.72. The first kappa shape index (κ1) is 31.8. The highest BCUT2D eigenvalue weighted by atomic mass is 32.2. The normalized spacial score (nSPS) is 13.0. The molecule has 7 nitrogen and oxygen atoms in total. The number of benzene rings is 3. The van der Waals surface area contributed by atoms with Gasteiger partial charge in [0, 0.05) is 12.6 Å². The van der Waals surface area contributed by atoms with Gasteiger partial charge in [0.25, 0.3) is 10.0 Å². The van der Waals surface area contributed by atoms with E-state index in [1.165, 1.54) is 29.2 Å². The van der Waals surface area contributed by atoms with E-state index >= 15 is 0 Å². The molecule has 3 rings (SSSR count). The molecule has 0 heterocycles. The number of sulfonamides is 1. The summed E-state index contributed by atoms with van der Waals surface area (Å²) in [5, 5.41) is 2.94. The summed E-state index contributed by atoms with van der Waals surface area (Å²) in [6, 6.07) is 19.8. The molecule has 41 heavy (non-hydrogen) atoms. The molecule has 2 atom stereocenters. The van der Waals surface area contributed by atoms with Gasteiger partial charge in [0.2, 0.25) is 11.8 Å². The van der Waals surface area contributed by atoms with Gasteiger partial charge in [-0.1, -0.05) is 70.2 Å². The van der Waals surface area contributed by atoms with Crippen LogP contribution in [0.25, 0.3) is 0 Å². The summed E-state index contributed by atoms with van der Waals surface area (Å²) < 4.78 is 42.5. The van der Waals surface area contributed by atoms with Crippen LogP contribution in [0.2, 0.25) is 0 Å². The summed E-state index contributed by atoms with van der Waals surface area (Å²) in [6.07, 6.45) is 1.02. The Kier molecular flexibility index (Phi) is 11.1. The second-order valence-electron chi connectivity index (χ2n) is 10.5. The molecule has 0 aliphatic carbocycles. The molecule has 0 bridgehead atoms. The molecule has 2 amide bonds. The van der Waals surface area contributed by atoms with Crippen LogP contribution in [0.3, 0.4) is 0 Å². The molecule has 0 saturated heterocycles. The third-order valence-electron chi connectivity index (χ3n) is 7.11. The molecule has 0 spiro atoms. The van der Waals surface area contributed by atoms with E-state index < -0.39 is 34.3 Å². The third-order valence-corrected chi connectivity index (χ3v) is 8.90. The van der Waals surface area contributed by atoms with Gasteiger partial charge in [-0.25, -0.2) is 12.8 Å². The minimum Gasteiger partial charge on any atom is -0.352 e. The van der Waals surface area contributed by atoms with E-state index in [-0.39, 0.29) is 29.3 Å². The van der Waals surface area contributed by atoms with Crippen LogP contribution in [0.1, 0.15) is 64.5 Å². The number of hydrogen-bond acceptors (Lipinski definition) is 4. The first-order valence-electron chi connectivity index (χ1n) is 14.0. The lowest BCUT2D eigenvalue weighted by Crippen LogP contribution is -2.53. The fourth-order valence-electron chi connectivity index (χ4n) is 4.42. The van der Waals surface area contributed by atoms with Gasteiger partial charge in [-0.15, -0.1) is 0 Å². The van der Waals surface area contributed by atoms with Crippen LogP contribution in [-0.2, 0) is 26.2 Å². The van der Waals surface area contributed by atoms with Crippen LogP contribution in [0.5, 0.6) is 0 Å². The second kappa shape index (κ2) is 14.3. The highest BCUT2D eigenvalue weighted by Gasteiger charge is 2.34. The fourth-order valence-corrected chi connectivity index (χ4v) is 5.86. The van der Waals surface area contributed by atoms with Crippen molar-refractivity contribution in [3.63, 3.8) is 0 Å². The van der Waals surface area contributed by atoms with Crippen molar-refractivity contribution in [1.29, 1.82) is 0 Å². The Morgan fingerprint density at radius 2 is 1.46 bits per heavy atom. The molecule has 0 radical (unpaired) electrons. The van der Waals surface area contributed by atoms with Crippen LogP contribution in [0.15, 0.2) is 83.8 Å². The Morgan fingerprint density at radius 1 is 0.854 bits per heavy atom. The van der Waals surface area contributed by atoms with Crippen molar-refractivity contribution < 1.29 is 22.4 Å². The molecule has 3 aromatic carbocycles. The zero-order valence-electron chi connectivity index (χ0n) is 24.4. The summed E-state index contributed by atoms with van der Waals surface area (Å²) in [5.74, 6) is -1.05. The predicted molar refractivity (Wildman–Crippen MR) is 160 cm³/mol. The van der Waals surface area contributed by atoms with Crippen LogP contribution in [0.4, 0.5) is 10.1 Å². The number of anilines is 1. The van der Waals surface area contributed by atoms with Crippen molar-refractivity contribution in [2.45, 2.75) is 76.9 Å². The topological polar surface area (TPSA) is 86.8 Å². The number of hydrogen-bond donors (Lipinski definition) is 1. The van der Waals surface area contributed by atoms with E-state index in [1.54, 1.807) is 49.4 Å². The van der Waals surface area contributed by atoms with Gasteiger partial charge in [0.05, 0.1) is 10.6 Å². The van der Waals surface area contributed by atoms with Crippen molar-refractivity contribution in [3.05, 3.63) is 95.8 Å². The van der Waals surface area contributed by atoms with E-state index in [0.29, 0.717) is 24.1 Å². The molecule has 9 heteroatoms. The van der Waals surface area contributed by atoms with Crippen molar-refractivity contribution in [2.75, 3.05) is 10.8 Å². The van der Waals surface area contributed by atoms with Gasteiger partial charge < -0.3 is 10.2 Å². The second-order valence-corrected chi connectivity index (χ2v) is 12.3. The maximum Gasteiger partial charge on any atom is 0.264 e. The Bertz CT molecular complexity index is 1400. The van der Waals surface area contributed by atoms with E-state index in [2.05, 4.69) is 5.32 Å². The molecule has 0 aromatic heterocycles. The van der Waals surface area contributed by atoms with Crippen LogP contribution in [0, 0.1) is 5.82 Å². The minimum atomic E-state index is -4.13. The van der Waals surface area contributed by atoms with Crippen molar-refractivity contribution in [2.24, 2.45) is 0 Å². The van der Waals surface area contributed by atoms with Gasteiger partial charge in [-0.2, -0.15) is 0 Å². The highest BCUT2D eigenvalue weighted by molar-refractivity contribution is 7.92. The predicted octanol–water partition coefficient (Wildman–Crippen LogP) is 5.87. The number of nitrogens with one attached hydrogen (secondary N) is 1. The number of carbonyl (C=O) groups excluding carboxylic acids is 2. The molecule has 0 saturated carbocycles. The average Bonchev–Trinajstić information content (AvgIpc) is 2.97. The zero-order valence-corrected chi connectivity index (χ0v) is 25.2. The maximum absolute atomic E-state index is 14.1. The first-order valence-corrected chi connectivity index (χ1v) is 15.4. The molecule has 3 aromatic rings. The SMILES string of the molecule is CC[C@H](C(=O)N[C@@H](C)CC)N(Cc1ccc(F)cc1)C(=O)CN(c1ccc(C(C)C)cc1)S(=O)(=O)c1ccccc1. The molecule has 0 aliphatic rings. The van der Waals surface area contributed by atoms with Crippen molar-refractivity contribution >= 4 is 27.5 Å². The summed E-state index contributed by atoms with van der Waals surface area (Å²) >= 11 is 0. The van der Waals surface area contributed by atoms with Gasteiger partial charge in [0.15, 0.2) is 0 Å². The Morgan fingerprint density at radius 3 is 2.00 bits per heavy atom. The lowest BCUT2D eigenvalue weighted by Gasteiger charge is -2.33. The lowest BCUT2D eigenvalue weighted by atomic mass is 10.0. The van der Waals surface area contributed by atoms with Gasteiger partial charge in [-0.3, -0.25) is 13.9 Å². The monoisotopic (exact) mass is 581 g/mol. The number of halogens is 1. The fraction of sp³-hybridized carbons (Fsp3) is 0.375. The number of carbonyl (C=O) groups is 2. The van der Waals surface area contributed by atoms with E-state index in [0.717, 1.165) is 9.87 Å². The Labute approximate surface area is 243 Å².